The molecule has 0 bridgehead atoms. The average Bonchev–Trinajstić information content (AvgIpc) is 3.33. The number of carbonyl (C=O) groups excluding carboxylic acids is 1. The van der Waals surface area contributed by atoms with Crippen LogP contribution in [0.15, 0.2) is 0 Å². The molecule has 0 saturated carbocycles. The van der Waals surface area contributed by atoms with Crippen molar-refractivity contribution in [1.82, 2.24) is 0 Å². The molecule has 1 saturated heterocycles. The number of epoxide rings is 1. The summed E-state index contributed by atoms with van der Waals surface area (Å²) in [5.41, 5.74) is 0. The van der Waals surface area contributed by atoms with Crippen molar-refractivity contribution in [1.29, 1.82) is 0 Å². The molecule has 1 heterocycles. The first kappa shape index (κ1) is 24.3. The average molecular weight is 411 g/mol. The molecule has 0 aromatic carbocycles. The van der Waals surface area contributed by atoms with Gasteiger partial charge in [-0.2, -0.15) is 13.7 Å². The summed E-state index contributed by atoms with van der Waals surface area (Å²) in [6, 6.07) is 0. The molecule has 3 N–H and O–H groups in total. The maximum atomic E-state index is 11.6. The Morgan fingerprint density at radius 1 is 1.07 bits per heavy atom. The topological polar surface area (TPSA) is 134 Å². The highest BCUT2D eigenvalue weighted by Crippen LogP contribution is 2.33. The third-order valence-electron chi connectivity index (χ3n) is 5.04. The van der Waals surface area contributed by atoms with E-state index in [1.807, 2.05) is 0 Å². The van der Waals surface area contributed by atoms with Crippen LogP contribution in [0.1, 0.15) is 84.0 Å². The lowest BCUT2D eigenvalue weighted by molar-refractivity contribution is -0.234. The maximum Gasteiger partial charge on any atom is 0.342 e. The molecule has 0 aromatic heterocycles. The van der Waals surface area contributed by atoms with E-state index in [2.05, 4.69) is 11.8 Å². The molecular weight excluding hydrogens is 376 g/mol. The van der Waals surface area contributed by atoms with Gasteiger partial charge in [-0.25, -0.2) is 4.79 Å². The monoisotopic (exact) mass is 410 g/mol. The van der Waals surface area contributed by atoms with Crippen molar-refractivity contribution in [3.63, 3.8) is 0 Å². The van der Waals surface area contributed by atoms with Gasteiger partial charge in [-0.05, 0) is 19.3 Å². The van der Waals surface area contributed by atoms with Crippen LogP contribution in [0.3, 0.4) is 0 Å². The van der Waals surface area contributed by atoms with Crippen LogP contribution in [-0.2, 0) is 24.5 Å². The van der Waals surface area contributed by atoms with Crippen LogP contribution in [-0.4, -0.2) is 52.9 Å². The molecule has 0 spiro atoms. The number of aliphatic hydroxyl groups excluding tert-OH is 1. The van der Waals surface area contributed by atoms with Crippen molar-refractivity contribution < 1.29 is 37.8 Å². The minimum Gasteiger partial charge on any atom is -0.392 e. The molecule has 1 aliphatic heterocycles. The van der Waals surface area contributed by atoms with Gasteiger partial charge in [-0.3, -0.25) is 4.55 Å². The number of ether oxygens (including phenoxy) is 1. The molecule has 27 heavy (non-hydrogen) atoms. The Bertz CT molecular complexity index is 521. The molecule has 1 rings (SSSR count). The molecule has 1 fully saturated rings. The van der Waals surface area contributed by atoms with Crippen molar-refractivity contribution in [2.75, 3.05) is 0 Å². The molecular formula is C18H34O8S. The van der Waals surface area contributed by atoms with E-state index in [1.165, 1.54) is 0 Å². The van der Waals surface area contributed by atoms with Crippen molar-refractivity contribution in [2.45, 2.75) is 108 Å². The molecule has 4 atom stereocenters. The highest BCUT2D eigenvalue weighted by atomic mass is 32.2. The largest absolute Gasteiger partial charge is 0.392 e. The standard InChI is InChI=1S/C18H34O8S/c1-2-3-7-10-15-16(25-15)13-14(19)17(27(22,23)24)11-8-5-4-6-9-12-18(20)26-21/h14-17,19,21H,2-13H2,1H3,(H,22,23,24). The van der Waals surface area contributed by atoms with Gasteiger partial charge >= 0.3 is 5.97 Å². The molecule has 9 heteroatoms. The Balaban J connectivity index is 2.26. The Morgan fingerprint density at radius 2 is 1.74 bits per heavy atom. The first-order valence-corrected chi connectivity index (χ1v) is 11.4. The van der Waals surface area contributed by atoms with E-state index >= 15 is 0 Å². The lowest BCUT2D eigenvalue weighted by Crippen LogP contribution is -2.35. The second-order valence-corrected chi connectivity index (χ2v) is 8.97. The lowest BCUT2D eigenvalue weighted by Gasteiger charge is -2.19. The van der Waals surface area contributed by atoms with E-state index in [0.29, 0.717) is 12.8 Å². The molecule has 160 valence electrons. The van der Waals surface area contributed by atoms with Gasteiger partial charge in [0.1, 0.15) is 5.25 Å². The molecule has 0 radical (unpaired) electrons. The van der Waals surface area contributed by atoms with Gasteiger partial charge in [0.15, 0.2) is 0 Å². The fourth-order valence-corrected chi connectivity index (χ4v) is 4.33. The van der Waals surface area contributed by atoms with Gasteiger partial charge in [-0.15, -0.1) is 0 Å². The fourth-order valence-electron chi connectivity index (χ4n) is 3.36. The molecule has 1 aliphatic rings. The Morgan fingerprint density at radius 3 is 2.37 bits per heavy atom. The van der Waals surface area contributed by atoms with Gasteiger partial charge in [0.05, 0.1) is 18.3 Å². The molecule has 0 amide bonds. The SMILES string of the molecule is CCCCCC1OC1CC(O)C(CCCCCCCC(=O)OO)S(=O)(=O)O. The zero-order chi connectivity index (χ0) is 20.3. The highest BCUT2D eigenvalue weighted by Gasteiger charge is 2.42. The molecule has 4 unspecified atom stereocenters. The first-order chi connectivity index (χ1) is 12.8. The Hall–Kier alpha value is -0.740. The fraction of sp³-hybridized carbons (Fsp3) is 0.944. The summed E-state index contributed by atoms with van der Waals surface area (Å²) >= 11 is 0. The third kappa shape index (κ3) is 10.4. The summed E-state index contributed by atoms with van der Waals surface area (Å²) in [5.74, 6) is -0.667. The minimum atomic E-state index is -4.33. The summed E-state index contributed by atoms with van der Waals surface area (Å²) in [4.78, 5) is 14.3. The summed E-state index contributed by atoms with van der Waals surface area (Å²) in [6.07, 6.45) is 7.04. The van der Waals surface area contributed by atoms with Crippen LogP contribution in [0.5, 0.6) is 0 Å². The summed E-state index contributed by atoms with van der Waals surface area (Å²) in [7, 11) is -4.33. The third-order valence-corrected chi connectivity index (χ3v) is 6.35. The second kappa shape index (κ2) is 12.7. The van der Waals surface area contributed by atoms with E-state index < -0.39 is 27.4 Å². The molecule has 8 nitrogen and oxygen atoms in total. The number of carbonyl (C=O) groups is 1. The summed E-state index contributed by atoms with van der Waals surface area (Å²) < 4.78 is 38.2. The van der Waals surface area contributed by atoms with E-state index in [4.69, 9.17) is 9.99 Å². The maximum absolute atomic E-state index is 11.6. The number of hydrogen-bond acceptors (Lipinski definition) is 7. The lowest BCUT2D eigenvalue weighted by atomic mass is 10.0. The van der Waals surface area contributed by atoms with Crippen LogP contribution < -0.4 is 0 Å². The zero-order valence-electron chi connectivity index (χ0n) is 16.1. The Kier molecular flexibility index (Phi) is 11.4. The predicted octanol–water partition coefficient (Wildman–Crippen LogP) is 3.09. The van der Waals surface area contributed by atoms with Crippen molar-refractivity contribution in [2.24, 2.45) is 0 Å². The first-order valence-electron chi connectivity index (χ1n) is 9.93. The van der Waals surface area contributed by atoms with Crippen LogP contribution >= 0.6 is 0 Å². The normalized spacial score (nSPS) is 21.6. The van der Waals surface area contributed by atoms with E-state index in [9.17, 15) is 22.9 Å². The van der Waals surface area contributed by atoms with Crippen LogP contribution in [0.25, 0.3) is 0 Å². The van der Waals surface area contributed by atoms with Crippen molar-refractivity contribution >= 4 is 16.1 Å². The number of rotatable bonds is 16. The van der Waals surface area contributed by atoms with E-state index in [-0.39, 0.29) is 31.5 Å². The van der Waals surface area contributed by atoms with Gasteiger partial charge in [0, 0.05) is 12.8 Å². The number of hydrogen-bond donors (Lipinski definition) is 3. The quantitative estimate of drug-likeness (QED) is 0.116. The summed E-state index contributed by atoms with van der Waals surface area (Å²) in [6.45, 7) is 2.12. The van der Waals surface area contributed by atoms with Gasteiger partial charge in [0.2, 0.25) is 0 Å². The molecule has 0 aromatic rings. The minimum absolute atomic E-state index is 0.0962. The highest BCUT2D eigenvalue weighted by molar-refractivity contribution is 7.86. The van der Waals surface area contributed by atoms with Gasteiger partial charge in [-0.1, -0.05) is 51.9 Å². The number of aliphatic hydroxyl groups is 1. The summed E-state index contributed by atoms with van der Waals surface area (Å²) in [5, 5.41) is 17.2. The van der Waals surface area contributed by atoms with Crippen LogP contribution in [0.2, 0.25) is 0 Å². The number of unbranched alkanes of at least 4 members (excludes halogenated alkanes) is 6. The Labute approximate surface area is 161 Å². The predicted molar refractivity (Wildman–Crippen MR) is 99.8 cm³/mol. The van der Waals surface area contributed by atoms with Crippen molar-refractivity contribution in [3.8, 4) is 0 Å². The van der Waals surface area contributed by atoms with Gasteiger partial charge < -0.3 is 14.7 Å². The van der Waals surface area contributed by atoms with Crippen molar-refractivity contribution in [3.05, 3.63) is 0 Å². The van der Waals surface area contributed by atoms with E-state index in [1.54, 1.807) is 0 Å². The zero-order valence-corrected chi connectivity index (χ0v) is 16.9. The smallest absolute Gasteiger partial charge is 0.342 e. The second-order valence-electron chi connectivity index (χ2n) is 7.33. The van der Waals surface area contributed by atoms with Gasteiger partial charge in [0.25, 0.3) is 10.1 Å². The van der Waals surface area contributed by atoms with E-state index in [0.717, 1.165) is 44.9 Å². The molecule has 0 aliphatic carbocycles. The van der Waals surface area contributed by atoms with Crippen LogP contribution in [0.4, 0.5) is 0 Å². The van der Waals surface area contributed by atoms with Crippen LogP contribution in [0, 0.1) is 0 Å².